The van der Waals surface area contributed by atoms with Crippen LogP contribution < -0.4 is 9.75 Å². The number of hydrazone groups is 1. The Balaban J connectivity index is 1.46. The maximum atomic E-state index is 13.7. The Bertz CT molecular complexity index is 1610. The lowest BCUT2D eigenvalue weighted by atomic mass is 10.0. The monoisotopic (exact) mass is 583 g/mol. The topological polar surface area (TPSA) is 71.9 Å². The fraction of sp³-hybridized carbons (Fsp3) is 0.0667. The molecule has 0 bridgehead atoms. The van der Waals surface area contributed by atoms with E-state index in [9.17, 15) is 9.59 Å². The number of carbonyl (C=O) groups excluding carboxylic acids is 2. The van der Waals surface area contributed by atoms with E-state index in [1.54, 1.807) is 42.6 Å². The molecule has 0 aliphatic heterocycles. The van der Waals surface area contributed by atoms with Crippen molar-refractivity contribution in [3.05, 3.63) is 124 Å². The summed E-state index contributed by atoms with van der Waals surface area (Å²) >= 11 is 4.86. The van der Waals surface area contributed by atoms with Crippen molar-refractivity contribution < 1.29 is 14.3 Å². The highest BCUT2D eigenvalue weighted by atomic mass is 79.9. The number of benzene rings is 4. The number of nitrogens with zero attached hydrogens (tertiary/aromatic N) is 3. The zero-order chi connectivity index (χ0) is 26.5. The van der Waals surface area contributed by atoms with Crippen molar-refractivity contribution in [1.29, 1.82) is 0 Å². The fourth-order valence-electron chi connectivity index (χ4n) is 3.75. The van der Waals surface area contributed by atoms with Crippen molar-refractivity contribution in [3.8, 4) is 5.75 Å². The van der Waals surface area contributed by atoms with Gasteiger partial charge in [0, 0.05) is 21.2 Å². The molecule has 5 aromatic rings. The number of hydrogen-bond donors (Lipinski definition) is 0. The van der Waals surface area contributed by atoms with Crippen LogP contribution in [0.15, 0.2) is 107 Å². The second-order valence-corrected chi connectivity index (χ2v) is 10.2. The van der Waals surface area contributed by atoms with Gasteiger partial charge in [0.05, 0.1) is 23.0 Å². The molecule has 0 saturated heterocycles. The van der Waals surface area contributed by atoms with Crippen LogP contribution >= 0.6 is 27.3 Å². The van der Waals surface area contributed by atoms with Gasteiger partial charge < -0.3 is 4.74 Å². The molecular formula is C30H22BrN3O3S. The van der Waals surface area contributed by atoms with Gasteiger partial charge in [-0.05, 0) is 67.1 Å². The van der Waals surface area contributed by atoms with E-state index in [1.165, 1.54) is 16.3 Å². The Morgan fingerprint density at radius 1 is 0.921 bits per heavy atom. The summed E-state index contributed by atoms with van der Waals surface area (Å²) in [6, 6.07) is 28.9. The van der Waals surface area contributed by atoms with E-state index in [0.29, 0.717) is 28.4 Å². The van der Waals surface area contributed by atoms with Crippen LogP contribution in [0.3, 0.4) is 0 Å². The summed E-state index contributed by atoms with van der Waals surface area (Å²) in [6.07, 6.45) is 1.61. The number of carbonyl (C=O) groups is 2. The van der Waals surface area contributed by atoms with E-state index in [1.807, 2.05) is 67.6 Å². The van der Waals surface area contributed by atoms with Gasteiger partial charge in [-0.25, -0.2) is 4.98 Å². The smallest absolute Gasteiger partial charge is 0.280 e. The first-order chi connectivity index (χ1) is 18.5. The van der Waals surface area contributed by atoms with Gasteiger partial charge in [-0.1, -0.05) is 69.7 Å². The summed E-state index contributed by atoms with van der Waals surface area (Å²) in [7, 11) is 0. The highest BCUT2D eigenvalue weighted by Gasteiger charge is 2.22. The van der Waals surface area contributed by atoms with Gasteiger partial charge in [0.25, 0.3) is 5.91 Å². The zero-order valence-electron chi connectivity index (χ0n) is 20.4. The van der Waals surface area contributed by atoms with Crippen molar-refractivity contribution in [1.82, 2.24) is 4.98 Å². The number of ketones is 1. The predicted octanol–water partition coefficient (Wildman–Crippen LogP) is 7.37. The van der Waals surface area contributed by atoms with Crippen LogP contribution in [0.25, 0.3) is 10.2 Å². The van der Waals surface area contributed by atoms with E-state index in [-0.39, 0.29) is 11.7 Å². The first-order valence-corrected chi connectivity index (χ1v) is 13.5. The van der Waals surface area contributed by atoms with E-state index in [4.69, 9.17) is 4.74 Å². The lowest BCUT2D eigenvalue weighted by Gasteiger charge is -2.14. The van der Waals surface area contributed by atoms with Gasteiger partial charge in [0.1, 0.15) is 5.75 Å². The molecule has 4 aromatic carbocycles. The molecule has 0 atom stereocenters. The molecule has 1 aromatic heterocycles. The minimum absolute atomic E-state index is 0.105. The van der Waals surface area contributed by atoms with Crippen molar-refractivity contribution in [2.24, 2.45) is 5.10 Å². The van der Waals surface area contributed by atoms with Gasteiger partial charge in [-0.2, -0.15) is 10.1 Å². The summed E-state index contributed by atoms with van der Waals surface area (Å²) in [4.78, 5) is 31.1. The zero-order valence-corrected chi connectivity index (χ0v) is 22.8. The molecule has 188 valence electrons. The molecule has 0 radical (unpaired) electrons. The second kappa shape index (κ2) is 11.5. The van der Waals surface area contributed by atoms with Gasteiger partial charge in [0.15, 0.2) is 5.78 Å². The van der Waals surface area contributed by atoms with Crippen molar-refractivity contribution in [2.45, 2.75) is 6.92 Å². The van der Waals surface area contributed by atoms with Crippen molar-refractivity contribution >= 4 is 60.5 Å². The molecule has 0 saturated carbocycles. The number of anilines is 1. The van der Waals surface area contributed by atoms with Gasteiger partial charge in [-0.3, -0.25) is 9.59 Å². The quantitative estimate of drug-likeness (QED) is 0.109. The van der Waals surface area contributed by atoms with Crippen molar-refractivity contribution in [2.75, 3.05) is 11.6 Å². The number of hydrogen-bond acceptors (Lipinski definition) is 6. The largest absolute Gasteiger partial charge is 0.494 e. The molecular weight excluding hydrogens is 562 g/mol. The maximum absolute atomic E-state index is 13.7. The molecule has 0 spiro atoms. The molecule has 0 aliphatic rings. The third-order valence-electron chi connectivity index (χ3n) is 5.66. The molecule has 38 heavy (non-hydrogen) atoms. The highest BCUT2D eigenvalue weighted by molar-refractivity contribution is 9.10. The lowest BCUT2D eigenvalue weighted by molar-refractivity contribution is 0.0985. The lowest BCUT2D eigenvalue weighted by Crippen LogP contribution is -2.25. The fourth-order valence-corrected chi connectivity index (χ4v) is 5.22. The highest BCUT2D eigenvalue weighted by Crippen LogP contribution is 2.32. The molecule has 1 heterocycles. The van der Waals surface area contributed by atoms with Crippen LogP contribution in [0.4, 0.5) is 5.13 Å². The minimum atomic E-state index is -0.357. The maximum Gasteiger partial charge on any atom is 0.280 e. The number of rotatable bonds is 8. The number of amides is 1. The van der Waals surface area contributed by atoms with E-state index in [2.05, 4.69) is 26.0 Å². The van der Waals surface area contributed by atoms with Crippen LogP contribution in [-0.4, -0.2) is 29.5 Å². The number of thiazole rings is 1. The van der Waals surface area contributed by atoms with E-state index >= 15 is 0 Å². The Morgan fingerprint density at radius 3 is 2.32 bits per heavy atom. The van der Waals surface area contributed by atoms with Crippen molar-refractivity contribution in [3.63, 3.8) is 0 Å². The van der Waals surface area contributed by atoms with Crippen LogP contribution in [0, 0.1) is 0 Å². The molecule has 0 N–H and O–H groups in total. The standard InChI is InChI=1S/C30H22BrN3O3S/c1-2-37-25-15-8-20(9-16-25)19-32-34(30-33-26-17-14-24(31)18-27(26)38-30)29(36)23-12-10-22(11-13-23)28(35)21-6-4-3-5-7-21/h3-19H,2H2,1H3/b32-19+. The Labute approximate surface area is 232 Å². The average molecular weight is 584 g/mol. The van der Waals surface area contributed by atoms with Crippen LogP contribution in [0.1, 0.15) is 38.8 Å². The van der Waals surface area contributed by atoms with Gasteiger partial charge in [-0.15, -0.1) is 0 Å². The molecule has 5 rings (SSSR count). The average Bonchev–Trinajstić information content (AvgIpc) is 3.37. The summed E-state index contributed by atoms with van der Waals surface area (Å²) in [5, 5.41) is 6.26. The molecule has 0 aliphatic carbocycles. The number of ether oxygens (including phenoxy) is 1. The third kappa shape index (κ3) is 5.72. The number of halogens is 1. The number of fused-ring (bicyclic) bond motifs is 1. The van der Waals surface area contributed by atoms with Crippen LogP contribution in [0.2, 0.25) is 0 Å². The first-order valence-electron chi connectivity index (χ1n) is 11.9. The third-order valence-corrected chi connectivity index (χ3v) is 7.14. The Hall–Kier alpha value is -4.14. The van der Waals surface area contributed by atoms with E-state index < -0.39 is 0 Å². The predicted molar refractivity (Wildman–Crippen MR) is 156 cm³/mol. The normalized spacial score (nSPS) is 11.1. The summed E-state index contributed by atoms with van der Waals surface area (Å²) in [5.74, 6) is 0.301. The SMILES string of the molecule is CCOc1ccc(/C=N/N(C(=O)c2ccc(C(=O)c3ccccc3)cc2)c2nc3ccc(Br)cc3s2)cc1. The summed E-state index contributed by atoms with van der Waals surface area (Å²) in [5.41, 5.74) is 3.06. The minimum Gasteiger partial charge on any atom is -0.494 e. The molecule has 0 fully saturated rings. The number of aromatic nitrogens is 1. The van der Waals surface area contributed by atoms with E-state index in [0.717, 1.165) is 26.0 Å². The van der Waals surface area contributed by atoms with Crippen LogP contribution in [-0.2, 0) is 0 Å². The molecule has 1 amide bonds. The Morgan fingerprint density at radius 2 is 1.61 bits per heavy atom. The summed E-state index contributed by atoms with van der Waals surface area (Å²) in [6.45, 7) is 2.51. The molecule has 8 heteroatoms. The first kappa shape index (κ1) is 25.5. The second-order valence-electron chi connectivity index (χ2n) is 8.24. The van der Waals surface area contributed by atoms with Gasteiger partial charge in [0.2, 0.25) is 5.13 Å². The van der Waals surface area contributed by atoms with Gasteiger partial charge >= 0.3 is 0 Å². The molecule has 0 unspecified atom stereocenters. The molecule has 6 nitrogen and oxygen atoms in total. The summed E-state index contributed by atoms with van der Waals surface area (Å²) < 4.78 is 7.35. The Kier molecular flexibility index (Phi) is 7.72. The van der Waals surface area contributed by atoms with Crippen LogP contribution in [0.5, 0.6) is 5.75 Å².